The second-order valence-corrected chi connectivity index (χ2v) is 20.0. The molecule has 15 aromatic rings. The SMILES string of the molecule is c1ccc(-c2ccc(N(c3ccc(-c4ccccc4)cc3)c3cc4oc5c(ccc6c5oc5cc(N(c7ccc(-c8ccccc8)cc7)c7ccc(-c8ccccc8)cc7)c7ccccc7c56)c4c4ccccc34)cc2)cc1. The highest BCUT2D eigenvalue weighted by Crippen LogP contribution is 2.50. The standard InChI is InChI=1S/C74H48N2O2/c1-5-17-49(18-6-1)53-29-37-57(38-30-53)75(58-39-31-54(32-40-58)50-19-7-2-8-20-50)67-47-69-71(63-27-15-13-25-61(63)67)65-45-46-66-72-64-28-16-14-26-62(64)68(48-70(72)78-74(66)73(65)77-69)76(59-41-33-55(34-42-59)51-21-9-3-10-22-51)60-43-35-56(36-44-60)52-23-11-4-12-24-52/h1-48H. The second kappa shape index (κ2) is 18.7. The minimum atomic E-state index is 0.725. The van der Waals surface area contributed by atoms with Crippen LogP contribution in [0.15, 0.2) is 300 Å². The van der Waals surface area contributed by atoms with Crippen LogP contribution in [0.2, 0.25) is 0 Å². The lowest BCUT2D eigenvalue weighted by atomic mass is 9.98. The molecule has 366 valence electrons. The highest BCUT2D eigenvalue weighted by atomic mass is 16.4. The summed E-state index contributed by atoms with van der Waals surface area (Å²) in [5.41, 5.74) is 18.6. The van der Waals surface area contributed by atoms with Gasteiger partial charge in [-0.1, -0.05) is 218 Å². The van der Waals surface area contributed by atoms with Crippen molar-refractivity contribution in [1.29, 1.82) is 0 Å². The van der Waals surface area contributed by atoms with Crippen molar-refractivity contribution in [3.8, 4) is 44.5 Å². The van der Waals surface area contributed by atoms with E-state index in [1.807, 2.05) is 0 Å². The maximum Gasteiger partial charge on any atom is 0.178 e. The quantitative estimate of drug-likeness (QED) is 0.137. The Bertz CT molecular complexity index is 4200. The van der Waals surface area contributed by atoms with Crippen LogP contribution in [-0.4, -0.2) is 0 Å². The fourth-order valence-electron chi connectivity index (χ4n) is 11.7. The summed E-state index contributed by atoms with van der Waals surface area (Å²) in [4.78, 5) is 4.72. The second-order valence-electron chi connectivity index (χ2n) is 20.0. The van der Waals surface area contributed by atoms with Crippen LogP contribution in [0.1, 0.15) is 0 Å². The molecule has 0 aliphatic heterocycles. The van der Waals surface area contributed by atoms with Crippen LogP contribution in [0.4, 0.5) is 34.1 Å². The summed E-state index contributed by atoms with van der Waals surface area (Å²) in [5, 5.41) is 8.56. The third kappa shape index (κ3) is 7.69. The van der Waals surface area contributed by atoms with Crippen LogP contribution < -0.4 is 9.80 Å². The highest BCUT2D eigenvalue weighted by molar-refractivity contribution is 6.30. The zero-order valence-corrected chi connectivity index (χ0v) is 42.4. The van der Waals surface area contributed by atoms with Crippen molar-refractivity contribution < 1.29 is 8.83 Å². The zero-order valence-electron chi connectivity index (χ0n) is 42.4. The van der Waals surface area contributed by atoms with E-state index >= 15 is 0 Å². The maximum atomic E-state index is 7.21. The summed E-state index contributed by atoms with van der Waals surface area (Å²) >= 11 is 0. The molecule has 0 atom stereocenters. The molecule has 4 heteroatoms. The molecule has 0 unspecified atom stereocenters. The molecule has 0 bridgehead atoms. The van der Waals surface area contributed by atoms with Crippen molar-refractivity contribution in [3.05, 3.63) is 291 Å². The van der Waals surface area contributed by atoms with Crippen molar-refractivity contribution in [2.24, 2.45) is 0 Å². The topological polar surface area (TPSA) is 32.8 Å². The Kier molecular flexibility index (Phi) is 10.8. The van der Waals surface area contributed by atoms with Crippen molar-refractivity contribution in [2.45, 2.75) is 0 Å². The summed E-state index contributed by atoms with van der Waals surface area (Å²) in [6.07, 6.45) is 0. The van der Waals surface area contributed by atoms with E-state index in [9.17, 15) is 0 Å². The molecule has 2 heterocycles. The Balaban J connectivity index is 0.912. The maximum absolute atomic E-state index is 7.21. The van der Waals surface area contributed by atoms with E-state index < -0.39 is 0 Å². The van der Waals surface area contributed by atoms with Crippen molar-refractivity contribution in [1.82, 2.24) is 0 Å². The van der Waals surface area contributed by atoms with E-state index in [0.717, 1.165) is 122 Å². The van der Waals surface area contributed by atoms with Gasteiger partial charge in [0.15, 0.2) is 11.2 Å². The minimum Gasteiger partial charge on any atom is -0.452 e. The van der Waals surface area contributed by atoms with Crippen molar-refractivity contribution >= 4 is 99.5 Å². The van der Waals surface area contributed by atoms with E-state index in [1.54, 1.807) is 0 Å². The number of fused-ring (bicyclic) bond motifs is 11. The third-order valence-electron chi connectivity index (χ3n) is 15.5. The molecule has 0 saturated carbocycles. The van der Waals surface area contributed by atoms with Gasteiger partial charge in [0.25, 0.3) is 0 Å². The summed E-state index contributed by atoms with van der Waals surface area (Å²) in [6, 6.07) is 104. The Labute approximate surface area is 451 Å². The normalized spacial score (nSPS) is 11.6. The molecule has 15 rings (SSSR count). The predicted molar refractivity (Wildman–Crippen MR) is 327 cm³/mol. The summed E-state index contributed by atoms with van der Waals surface area (Å²) < 4.78 is 14.4. The first-order valence-electron chi connectivity index (χ1n) is 26.6. The van der Waals surface area contributed by atoms with E-state index in [1.165, 1.54) is 22.3 Å². The molecule has 0 radical (unpaired) electrons. The Hall–Kier alpha value is -10.4. The predicted octanol–water partition coefficient (Wildman–Crippen LogP) is 21.4. The van der Waals surface area contributed by atoms with Gasteiger partial charge in [0.2, 0.25) is 0 Å². The lowest BCUT2D eigenvalue weighted by Crippen LogP contribution is -2.10. The van der Waals surface area contributed by atoms with Crippen LogP contribution in [0.3, 0.4) is 0 Å². The first-order valence-corrected chi connectivity index (χ1v) is 26.6. The number of hydrogen-bond donors (Lipinski definition) is 0. The molecule has 2 aromatic heterocycles. The highest BCUT2D eigenvalue weighted by Gasteiger charge is 2.25. The Morgan fingerprint density at radius 2 is 0.449 bits per heavy atom. The van der Waals surface area contributed by atoms with Gasteiger partial charge in [0.05, 0.1) is 11.4 Å². The molecule has 0 aliphatic carbocycles. The van der Waals surface area contributed by atoms with Crippen LogP contribution in [0.5, 0.6) is 0 Å². The van der Waals surface area contributed by atoms with Gasteiger partial charge in [0, 0.05) is 67.2 Å². The van der Waals surface area contributed by atoms with Crippen molar-refractivity contribution in [3.63, 3.8) is 0 Å². The van der Waals surface area contributed by atoms with E-state index in [2.05, 4.69) is 301 Å². The van der Waals surface area contributed by atoms with Gasteiger partial charge in [0.1, 0.15) is 11.2 Å². The summed E-state index contributed by atoms with van der Waals surface area (Å²) in [5.74, 6) is 0. The largest absolute Gasteiger partial charge is 0.452 e. The third-order valence-corrected chi connectivity index (χ3v) is 15.5. The van der Waals surface area contributed by atoms with E-state index in [-0.39, 0.29) is 0 Å². The number of rotatable bonds is 10. The monoisotopic (exact) mass is 996 g/mol. The average Bonchev–Trinajstić information content (AvgIpc) is 4.32. The summed E-state index contributed by atoms with van der Waals surface area (Å²) in [6.45, 7) is 0. The molecular formula is C74H48N2O2. The zero-order chi connectivity index (χ0) is 51.5. The average molecular weight is 997 g/mol. The van der Waals surface area contributed by atoms with Crippen LogP contribution in [0, 0.1) is 0 Å². The number of hydrogen-bond acceptors (Lipinski definition) is 4. The molecule has 4 nitrogen and oxygen atoms in total. The molecule has 13 aromatic carbocycles. The first-order chi connectivity index (χ1) is 38.7. The van der Waals surface area contributed by atoms with E-state index in [0.29, 0.717) is 0 Å². The van der Waals surface area contributed by atoms with Gasteiger partial charge >= 0.3 is 0 Å². The van der Waals surface area contributed by atoms with Gasteiger partial charge in [-0.25, -0.2) is 0 Å². The van der Waals surface area contributed by atoms with Gasteiger partial charge in [-0.2, -0.15) is 0 Å². The molecule has 0 N–H and O–H groups in total. The minimum absolute atomic E-state index is 0.725. The molecule has 0 spiro atoms. The van der Waals surface area contributed by atoms with Crippen molar-refractivity contribution in [2.75, 3.05) is 9.80 Å². The van der Waals surface area contributed by atoms with Crippen LogP contribution in [-0.2, 0) is 0 Å². The lowest BCUT2D eigenvalue weighted by molar-refractivity contribution is 0.633. The molecule has 0 fully saturated rings. The smallest absolute Gasteiger partial charge is 0.178 e. The van der Waals surface area contributed by atoms with Crippen LogP contribution >= 0.6 is 0 Å². The van der Waals surface area contributed by atoms with Gasteiger partial charge in [-0.05, 0) is 116 Å². The number of nitrogens with zero attached hydrogens (tertiary/aromatic N) is 2. The van der Waals surface area contributed by atoms with Gasteiger partial charge in [-0.3, -0.25) is 0 Å². The Morgan fingerprint density at radius 3 is 0.731 bits per heavy atom. The Morgan fingerprint density at radius 1 is 0.205 bits per heavy atom. The molecule has 78 heavy (non-hydrogen) atoms. The fourth-order valence-corrected chi connectivity index (χ4v) is 11.7. The van der Waals surface area contributed by atoms with Gasteiger partial charge in [-0.15, -0.1) is 0 Å². The summed E-state index contributed by atoms with van der Waals surface area (Å²) in [7, 11) is 0. The number of anilines is 6. The van der Waals surface area contributed by atoms with Crippen LogP contribution in [0.25, 0.3) is 110 Å². The molecule has 0 amide bonds. The number of benzene rings is 13. The van der Waals surface area contributed by atoms with Gasteiger partial charge < -0.3 is 18.6 Å². The number of furan rings is 2. The molecule has 0 aliphatic rings. The lowest BCUT2D eigenvalue weighted by Gasteiger charge is -2.27. The first kappa shape index (κ1) is 45.0. The fraction of sp³-hybridized carbons (Fsp3) is 0. The van der Waals surface area contributed by atoms with E-state index in [4.69, 9.17) is 8.83 Å². The molecular weight excluding hydrogens is 949 g/mol. The molecule has 0 saturated heterocycles.